The first-order chi connectivity index (χ1) is 9.83. The van der Waals surface area contributed by atoms with Crippen LogP contribution in [0.4, 0.5) is 5.13 Å². The zero-order valence-corrected chi connectivity index (χ0v) is 16.0. The lowest BCUT2D eigenvalue weighted by molar-refractivity contribution is 0.586. The monoisotopic (exact) mass is 429 g/mol. The second-order valence-corrected chi connectivity index (χ2v) is 9.69. The molecular weight excluding hydrogens is 418 g/mol. The number of sulfonamides is 1. The highest BCUT2D eigenvalue weighted by atomic mass is 79.9. The van der Waals surface area contributed by atoms with Crippen molar-refractivity contribution in [2.24, 2.45) is 0 Å². The number of anilines is 1. The number of nitrogens with one attached hydrogen (secondary N) is 2. The van der Waals surface area contributed by atoms with Crippen molar-refractivity contribution >= 4 is 65.4 Å². The van der Waals surface area contributed by atoms with E-state index < -0.39 is 10.0 Å². The maximum Gasteiger partial charge on any atom is 0.273 e. The highest BCUT2D eigenvalue weighted by Gasteiger charge is 2.21. The van der Waals surface area contributed by atoms with Crippen LogP contribution in [-0.2, 0) is 10.0 Å². The van der Waals surface area contributed by atoms with Crippen LogP contribution in [0.3, 0.4) is 0 Å². The summed E-state index contributed by atoms with van der Waals surface area (Å²) >= 11 is 11.4. The van der Waals surface area contributed by atoms with Crippen LogP contribution < -0.4 is 10.0 Å². The van der Waals surface area contributed by atoms with Crippen LogP contribution in [0.25, 0.3) is 0 Å². The van der Waals surface area contributed by atoms with E-state index in [9.17, 15) is 8.42 Å². The summed E-state index contributed by atoms with van der Waals surface area (Å²) in [6.07, 6.45) is 0. The predicted octanol–water partition coefficient (Wildman–Crippen LogP) is 4.09. The Morgan fingerprint density at radius 3 is 2.81 bits per heavy atom. The predicted molar refractivity (Wildman–Crippen MR) is 92.0 cm³/mol. The van der Waals surface area contributed by atoms with Gasteiger partial charge in [0.05, 0.1) is 14.5 Å². The average molecular weight is 431 g/mol. The van der Waals surface area contributed by atoms with Crippen LogP contribution in [0.15, 0.2) is 19.4 Å². The lowest BCUT2D eigenvalue weighted by atomic mass is 10.3. The van der Waals surface area contributed by atoms with Gasteiger partial charge in [-0.2, -0.15) is 0 Å². The minimum Gasteiger partial charge on any atom is -0.309 e. The molecule has 2 aromatic heterocycles. The molecule has 0 bridgehead atoms. The Morgan fingerprint density at radius 2 is 2.24 bits per heavy atom. The molecule has 5 nitrogen and oxygen atoms in total. The molecule has 0 aliphatic heterocycles. The standard InChI is InChI=1S/C11H13BrClN3O2S3/c1-3-14-6(2)8-5-19-11(15-8)16-21(17,18)9-4-7(13)10(12)20-9/h4-6,14H,3H2,1-2H3,(H,15,16). The van der Waals surface area contributed by atoms with E-state index in [0.29, 0.717) is 13.9 Å². The van der Waals surface area contributed by atoms with Crippen LogP contribution in [0.1, 0.15) is 25.6 Å². The van der Waals surface area contributed by atoms with Gasteiger partial charge in [-0.05, 0) is 35.5 Å². The van der Waals surface area contributed by atoms with Crippen molar-refractivity contribution < 1.29 is 8.42 Å². The Bertz CT molecular complexity index is 709. The number of hydrogen-bond acceptors (Lipinski definition) is 6. The van der Waals surface area contributed by atoms with Crippen molar-refractivity contribution in [1.82, 2.24) is 10.3 Å². The average Bonchev–Trinajstić information content (AvgIpc) is 2.98. The summed E-state index contributed by atoms with van der Waals surface area (Å²) in [5, 5.41) is 5.78. The van der Waals surface area contributed by atoms with E-state index in [4.69, 9.17) is 11.6 Å². The van der Waals surface area contributed by atoms with Crippen LogP contribution >= 0.6 is 50.2 Å². The lowest BCUT2D eigenvalue weighted by Gasteiger charge is -2.08. The van der Waals surface area contributed by atoms with E-state index in [1.807, 2.05) is 19.2 Å². The first-order valence-electron chi connectivity index (χ1n) is 6.00. The van der Waals surface area contributed by atoms with E-state index >= 15 is 0 Å². The van der Waals surface area contributed by atoms with E-state index in [2.05, 4.69) is 31.0 Å². The second kappa shape index (κ2) is 6.93. The SMILES string of the molecule is CCNC(C)c1csc(NS(=O)(=O)c2cc(Cl)c(Br)s2)n1. The Kier molecular flexibility index (Phi) is 5.66. The Morgan fingerprint density at radius 1 is 1.52 bits per heavy atom. The Hall–Kier alpha value is -0.190. The topological polar surface area (TPSA) is 71.1 Å². The summed E-state index contributed by atoms with van der Waals surface area (Å²) in [6.45, 7) is 4.80. The lowest BCUT2D eigenvalue weighted by Crippen LogP contribution is -2.18. The quantitative estimate of drug-likeness (QED) is 0.724. The second-order valence-electron chi connectivity index (χ2n) is 4.15. The maximum absolute atomic E-state index is 12.2. The molecule has 2 rings (SSSR count). The van der Waals surface area contributed by atoms with Crippen LogP contribution in [0.2, 0.25) is 5.02 Å². The molecule has 1 unspecified atom stereocenters. The molecule has 0 fully saturated rings. The fourth-order valence-corrected chi connectivity index (χ4v) is 6.02. The Balaban J connectivity index is 2.17. The maximum atomic E-state index is 12.2. The molecule has 0 amide bonds. The van der Waals surface area contributed by atoms with E-state index in [0.717, 1.165) is 23.6 Å². The molecule has 0 radical (unpaired) electrons. The molecule has 1 atom stereocenters. The third kappa shape index (κ3) is 4.17. The number of nitrogens with zero attached hydrogens (tertiary/aromatic N) is 1. The van der Waals surface area contributed by atoms with Gasteiger partial charge in [-0.25, -0.2) is 13.4 Å². The summed E-state index contributed by atoms with van der Waals surface area (Å²) in [4.78, 5) is 4.29. The fourth-order valence-electron chi connectivity index (χ4n) is 1.57. The summed E-state index contributed by atoms with van der Waals surface area (Å²) < 4.78 is 27.7. The normalized spacial score (nSPS) is 13.3. The van der Waals surface area contributed by atoms with E-state index in [-0.39, 0.29) is 10.3 Å². The molecule has 0 aromatic carbocycles. The third-order valence-corrected chi connectivity index (χ3v) is 7.78. The zero-order valence-electron chi connectivity index (χ0n) is 11.2. The molecule has 2 aromatic rings. The van der Waals surface area contributed by atoms with Gasteiger partial charge in [0.2, 0.25) is 0 Å². The van der Waals surface area contributed by atoms with Gasteiger partial charge in [-0.1, -0.05) is 18.5 Å². The molecule has 2 N–H and O–H groups in total. The van der Waals surface area contributed by atoms with Gasteiger partial charge >= 0.3 is 0 Å². The molecule has 10 heteroatoms. The number of halogens is 2. The van der Waals surface area contributed by atoms with Gasteiger partial charge in [-0.15, -0.1) is 22.7 Å². The number of thiophene rings is 1. The molecule has 0 saturated heterocycles. The van der Waals surface area contributed by atoms with Gasteiger partial charge in [0.1, 0.15) is 4.21 Å². The highest BCUT2D eigenvalue weighted by molar-refractivity contribution is 9.11. The van der Waals surface area contributed by atoms with Gasteiger partial charge in [0.15, 0.2) is 5.13 Å². The van der Waals surface area contributed by atoms with Gasteiger partial charge in [0.25, 0.3) is 10.0 Å². The Labute approximate surface area is 144 Å². The third-order valence-electron chi connectivity index (χ3n) is 2.58. The summed E-state index contributed by atoms with van der Waals surface area (Å²) in [5.74, 6) is 0. The largest absolute Gasteiger partial charge is 0.309 e. The summed E-state index contributed by atoms with van der Waals surface area (Å²) in [7, 11) is -3.66. The molecular formula is C11H13BrClN3O2S3. The number of rotatable bonds is 6. The zero-order chi connectivity index (χ0) is 15.6. The van der Waals surface area contributed by atoms with Crippen LogP contribution in [-0.4, -0.2) is 19.9 Å². The summed E-state index contributed by atoms with van der Waals surface area (Å²) in [6, 6.07) is 1.49. The number of thiazole rings is 1. The minimum absolute atomic E-state index is 0.0785. The number of aromatic nitrogens is 1. The van der Waals surface area contributed by atoms with Crippen molar-refractivity contribution in [1.29, 1.82) is 0 Å². The van der Waals surface area contributed by atoms with Crippen LogP contribution in [0.5, 0.6) is 0 Å². The van der Waals surface area contributed by atoms with Crippen molar-refractivity contribution in [2.75, 3.05) is 11.3 Å². The van der Waals surface area contributed by atoms with E-state index in [1.165, 1.54) is 17.4 Å². The molecule has 21 heavy (non-hydrogen) atoms. The first kappa shape index (κ1) is 17.2. The molecule has 116 valence electrons. The number of hydrogen-bond donors (Lipinski definition) is 2. The first-order valence-corrected chi connectivity index (χ1v) is 10.3. The molecule has 0 aliphatic rings. The highest BCUT2D eigenvalue weighted by Crippen LogP contribution is 2.35. The van der Waals surface area contributed by atoms with Crippen LogP contribution in [0, 0.1) is 0 Å². The molecule has 0 saturated carbocycles. The molecule has 0 aliphatic carbocycles. The van der Waals surface area contributed by atoms with Crippen molar-refractivity contribution in [3.05, 3.63) is 25.9 Å². The van der Waals surface area contributed by atoms with Crippen molar-refractivity contribution in [3.8, 4) is 0 Å². The van der Waals surface area contributed by atoms with Crippen molar-refractivity contribution in [2.45, 2.75) is 24.1 Å². The van der Waals surface area contributed by atoms with Gasteiger partial charge in [-0.3, -0.25) is 4.72 Å². The van der Waals surface area contributed by atoms with Gasteiger partial charge in [0, 0.05) is 11.4 Å². The summed E-state index contributed by atoms with van der Waals surface area (Å²) in [5.41, 5.74) is 0.810. The molecule has 2 heterocycles. The van der Waals surface area contributed by atoms with Gasteiger partial charge < -0.3 is 5.32 Å². The minimum atomic E-state index is -3.66. The van der Waals surface area contributed by atoms with Crippen molar-refractivity contribution in [3.63, 3.8) is 0 Å². The molecule has 0 spiro atoms. The smallest absolute Gasteiger partial charge is 0.273 e. The van der Waals surface area contributed by atoms with E-state index in [1.54, 1.807) is 0 Å². The fraction of sp³-hybridized carbons (Fsp3) is 0.364.